The first-order valence-corrected chi connectivity index (χ1v) is 5.98. The van der Waals surface area contributed by atoms with Gasteiger partial charge in [0.25, 0.3) is 0 Å². The van der Waals surface area contributed by atoms with Crippen LogP contribution in [0.2, 0.25) is 0 Å². The average molecular weight is 211 g/mol. The summed E-state index contributed by atoms with van der Waals surface area (Å²) < 4.78 is 0. The van der Waals surface area contributed by atoms with E-state index in [-0.39, 0.29) is 0 Å². The minimum Gasteiger partial charge on any atom is -0.127 e. The highest BCUT2D eigenvalue weighted by molar-refractivity contribution is 6.18. The van der Waals surface area contributed by atoms with E-state index in [4.69, 9.17) is 23.2 Å². The van der Waals surface area contributed by atoms with E-state index in [1.165, 1.54) is 19.3 Å². The largest absolute Gasteiger partial charge is 0.127 e. The SMILES string of the molecule is CCC(CCl)C(CC)CCCCl. The van der Waals surface area contributed by atoms with Gasteiger partial charge in [-0.2, -0.15) is 0 Å². The fourth-order valence-corrected chi connectivity index (χ4v) is 2.31. The van der Waals surface area contributed by atoms with Crippen LogP contribution in [0.1, 0.15) is 39.5 Å². The van der Waals surface area contributed by atoms with E-state index in [9.17, 15) is 0 Å². The highest BCUT2D eigenvalue weighted by Crippen LogP contribution is 2.25. The third-order valence-corrected chi connectivity index (χ3v) is 3.29. The third kappa shape index (κ3) is 4.57. The number of alkyl halides is 2. The predicted molar refractivity (Wildman–Crippen MR) is 58.2 cm³/mol. The summed E-state index contributed by atoms with van der Waals surface area (Å²) in [6.07, 6.45) is 4.81. The van der Waals surface area contributed by atoms with Gasteiger partial charge < -0.3 is 0 Å². The molecule has 0 aromatic heterocycles. The Kier molecular flexibility index (Phi) is 8.59. The summed E-state index contributed by atoms with van der Waals surface area (Å²) in [4.78, 5) is 0. The Bertz CT molecular complexity index is 89.8. The summed E-state index contributed by atoms with van der Waals surface area (Å²) in [5, 5.41) is 0. The van der Waals surface area contributed by atoms with Gasteiger partial charge in [0.2, 0.25) is 0 Å². The number of hydrogen-bond donors (Lipinski definition) is 0. The van der Waals surface area contributed by atoms with Crippen molar-refractivity contribution in [2.24, 2.45) is 11.8 Å². The van der Waals surface area contributed by atoms with Crippen LogP contribution < -0.4 is 0 Å². The van der Waals surface area contributed by atoms with Crippen LogP contribution in [0.15, 0.2) is 0 Å². The van der Waals surface area contributed by atoms with Crippen molar-refractivity contribution in [1.82, 2.24) is 0 Å². The second-order valence-electron chi connectivity index (χ2n) is 3.32. The molecule has 0 aliphatic heterocycles. The van der Waals surface area contributed by atoms with Gasteiger partial charge in [-0.05, 0) is 24.7 Å². The van der Waals surface area contributed by atoms with E-state index in [1.807, 2.05) is 0 Å². The molecule has 0 saturated carbocycles. The van der Waals surface area contributed by atoms with Crippen molar-refractivity contribution in [2.45, 2.75) is 39.5 Å². The molecule has 0 N–H and O–H groups in total. The molecule has 0 nitrogen and oxygen atoms in total. The molecule has 0 radical (unpaired) electrons. The molecule has 0 bridgehead atoms. The zero-order chi connectivity index (χ0) is 9.40. The molecule has 0 amide bonds. The molecule has 0 fully saturated rings. The third-order valence-electron chi connectivity index (χ3n) is 2.62. The summed E-state index contributed by atoms with van der Waals surface area (Å²) in [6, 6.07) is 0. The van der Waals surface area contributed by atoms with Gasteiger partial charge in [-0.1, -0.05) is 26.7 Å². The van der Waals surface area contributed by atoms with Crippen molar-refractivity contribution in [1.29, 1.82) is 0 Å². The van der Waals surface area contributed by atoms with Crippen molar-refractivity contribution in [3.05, 3.63) is 0 Å². The first kappa shape index (κ1) is 12.6. The van der Waals surface area contributed by atoms with Crippen LogP contribution in [-0.4, -0.2) is 11.8 Å². The van der Waals surface area contributed by atoms with Gasteiger partial charge in [0.15, 0.2) is 0 Å². The molecule has 0 heterocycles. The number of rotatable bonds is 7. The highest BCUT2D eigenvalue weighted by Gasteiger charge is 2.16. The van der Waals surface area contributed by atoms with Gasteiger partial charge in [-0.3, -0.25) is 0 Å². The summed E-state index contributed by atoms with van der Waals surface area (Å²) in [5.74, 6) is 3.07. The minimum absolute atomic E-state index is 0.694. The topological polar surface area (TPSA) is 0 Å². The van der Waals surface area contributed by atoms with Crippen LogP contribution in [0.4, 0.5) is 0 Å². The summed E-state index contributed by atoms with van der Waals surface area (Å²) in [5.41, 5.74) is 0. The Labute approximate surface area is 86.6 Å². The molecule has 0 spiro atoms. The van der Waals surface area contributed by atoms with Gasteiger partial charge in [-0.15, -0.1) is 23.2 Å². The van der Waals surface area contributed by atoms with Gasteiger partial charge in [0.1, 0.15) is 0 Å². The lowest BCUT2D eigenvalue weighted by atomic mass is 9.86. The van der Waals surface area contributed by atoms with Gasteiger partial charge in [0, 0.05) is 11.8 Å². The molecule has 0 aliphatic rings. The monoisotopic (exact) mass is 210 g/mol. The lowest BCUT2D eigenvalue weighted by Crippen LogP contribution is -2.15. The second-order valence-corrected chi connectivity index (χ2v) is 4.01. The van der Waals surface area contributed by atoms with E-state index in [1.54, 1.807) is 0 Å². The van der Waals surface area contributed by atoms with Crippen LogP contribution in [0, 0.1) is 11.8 Å². The molecule has 2 heteroatoms. The number of hydrogen-bond acceptors (Lipinski definition) is 0. The molecule has 74 valence electrons. The zero-order valence-electron chi connectivity index (χ0n) is 8.15. The average Bonchev–Trinajstić information content (AvgIpc) is 2.12. The first-order valence-electron chi connectivity index (χ1n) is 4.92. The molecule has 0 rings (SSSR count). The predicted octanol–water partition coefficient (Wildman–Crippen LogP) is 4.30. The van der Waals surface area contributed by atoms with Gasteiger partial charge in [0.05, 0.1) is 0 Å². The van der Waals surface area contributed by atoms with Crippen molar-refractivity contribution in [3.63, 3.8) is 0 Å². The van der Waals surface area contributed by atoms with Gasteiger partial charge in [-0.25, -0.2) is 0 Å². The van der Waals surface area contributed by atoms with Crippen molar-refractivity contribution < 1.29 is 0 Å². The summed E-state index contributed by atoms with van der Waals surface area (Å²) in [7, 11) is 0. The molecule has 0 aromatic rings. The Morgan fingerprint density at radius 1 is 1.00 bits per heavy atom. The lowest BCUT2D eigenvalue weighted by Gasteiger charge is -2.22. The second kappa shape index (κ2) is 8.19. The Balaban J connectivity index is 3.75. The summed E-state index contributed by atoms with van der Waals surface area (Å²) in [6.45, 7) is 4.46. The molecule has 0 saturated heterocycles. The number of halogens is 2. The van der Waals surface area contributed by atoms with Crippen LogP contribution in [0.5, 0.6) is 0 Å². The van der Waals surface area contributed by atoms with Crippen molar-refractivity contribution >= 4 is 23.2 Å². The first-order chi connectivity index (χ1) is 5.79. The van der Waals surface area contributed by atoms with E-state index in [0.29, 0.717) is 5.92 Å². The van der Waals surface area contributed by atoms with E-state index in [0.717, 1.165) is 24.1 Å². The maximum atomic E-state index is 5.89. The maximum absolute atomic E-state index is 5.89. The van der Waals surface area contributed by atoms with E-state index < -0.39 is 0 Å². The van der Waals surface area contributed by atoms with Crippen molar-refractivity contribution in [3.8, 4) is 0 Å². The van der Waals surface area contributed by atoms with Crippen LogP contribution >= 0.6 is 23.2 Å². The fourth-order valence-electron chi connectivity index (χ4n) is 1.68. The molecular weight excluding hydrogens is 191 g/mol. The van der Waals surface area contributed by atoms with E-state index >= 15 is 0 Å². The standard InChI is InChI=1S/C10H20Cl2/c1-3-9(6-5-7-11)10(4-2)8-12/h9-10H,3-8H2,1-2H3. The molecule has 0 aliphatic carbocycles. The van der Waals surface area contributed by atoms with E-state index in [2.05, 4.69) is 13.8 Å². The fraction of sp³-hybridized carbons (Fsp3) is 1.00. The Hall–Kier alpha value is 0.580. The van der Waals surface area contributed by atoms with Crippen LogP contribution in [0.3, 0.4) is 0 Å². The molecular formula is C10H20Cl2. The highest BCUT2D eigenvalue weighted by atomic mass is 35.5. The Morgan fingerprint density at radius 3 is 1.92 bits per heavy atom. The maximum Gasteiger partial charge on any atom is 0.0254 e. The molecule has 12 heavy (non-hydrogen) atoms. The lowest BCUT2D eigenvalue weighted by molar-refractivity contribution is 0.319. The Morgan fingerprint density at radius 2 is 1.58 bits per heavy atom. The van der Waals surface area contributed by atoms with Crippen LogP contribution in [0.25, 0.3) is 0 Å². The zero-order valence-corrected chi connectivity index (χ0v) is 9.67. The smallest absolute Gasteiger partial charge is 0.0254 e. The van der Waals surface area contributed by atoms with Gasteiger partial charge >= 0.3 is 0 Å². The molecule has 2 unspecified atom stereocenters. The van der Waals surface area contributed by atoms with Crippen molar-refractivity contribution in [2.75, 3.05) is 11.8 Å². The summed E-state index contributed by atoms with van der Waals surface area (Å²) >= 11 is 11.5. The normalized spacial score (nSPS) is 16.0. The minimum atomic E-state index is 0.694. The molecule has 2 atom stereocenters. The quantitative estimate of drug-likeness (QED) is 0.551. The molecule has 0 aromatic carbocycles. The van der Waals surface area contributed by atoms with Crippen LogP contribution in [-0.2, 0) is 0 Å².